The first kappa shape index (κ1) is 23.8. The van der Waals surface area contributed by atoms with Crippen molar-refractivity contribution in [2.24, 2.45) is 10.2 Å². The predicted molar refractivity (Wildman–Crippen MR) is 125 cm³/mol. The summed E-state index contributed by atoms with van der Waals surface area (Å²) in [6.45, 7) is 10.8. The van der Waals surface area contributed by atoms with Gasteiger partial charge in [-0.3, -0.25) is 0 Å². The second-order valence-corrected chi connectivity index (χ2v) is 8.03. The van der Waals surface area contributed by atoms with Crippen LogP contribution in [0.15, 0.2) is 46.6 Å². The predicted octanol–water partition coefficient (Wildman–Crippen LogP) is 5.22. The SMILES string of the molecule is CCN(CC)c1ccc(N=Nc2sc3cc(C)ccc3[n+]2CCC(=N)[O-])cc1C.Cl. The fraction of sp³-hybridized carbons (Fsp3) is 0.364. The highest BCUT2D eigenvalue weighted by atomic mass is 35.5. The lowest BCUT2D eigenvalue weighted by atomic mass is 10.1. The van der Waals surface area contributed by atoms with Gasteiger partial charge >= 0.3 is 5.13 Å². The van der Waals surface area contributed by atoms with Crippen LogP contribution in [0.3, 0.4) is 0 Å². The van der Waals surface area contributed by atoms with Gasteiger partial charge in [0.2, 0.25) is 0 Å². The van der Waals surface area contributed by atoms with E-state index in [1.807, 2.05) is 28.8 Å². The van der Waals surface area contributed by atoms with Crippen molar-refractivity contribution in [3.05, 3.63) is 47.5 Å². The smallest absolute Gasteiger partial charge is 0.409 e. The molecule has 0 fully saturated rings. The Morgan fingerprint density at radius 3 is 2.47 bits per heavy atom. The Bertz CT molecular complexity index is 1060. The molecule has 6 nitrogen and oxygen atoms in total. The number of hydrogen-bond donors (Lipinski definition) is 1. The summed E-state index contributed by atoms with van der Waals surface area (Å²) in [5.41, 5.74) is 5.38. The van der Waals surface area contributed by atoms with Crippen molar-refractivity contribution in [3.8, 4) is 0 Å². The molecule has 1 heterocycles. The normalized spacial score (nSPS) is 11.1. The van der Waals surface area contributed by atoms with Gasteiger partial charge in [-0.25, -0.2) is 4.57 Å². The molecule has 3 aromatic rings. The van der Waals surface area contributed by atoms with Gasteiger partial charge in [0.1, 0.15) is 11.2 Å². The highest BCUT2D eigenvalue weighted by molar-refractivity contribution is 7.21. The van der Waals surface area contributed by atoms with Crippen molar-refractivity contribution >= 4 is 56.4 Å². The van der Waals surface area contributed by atoms with Gasteiger partial charge in [-0.05, 0) is 91.5 Å². The summed E-state index contributed by atoms with van der Waals surface area (Å²) in [7, 11) is 0. The van der Waals surface area contributed by atoms with E-state index in [-0.39, 0.29) is 18.8 Å². The zero-order valence-corrected chi connectivity index (χ0v) is 19.4. The minimum absolute atomic E-state index is 0. The van der Waals surface area contributed by atoms with Gasteiger partial charge in [0, 0.05) is 25.2 Å². The molecule has 2 aromatic carbocycles. The molecule has 0 aliphatic carbocycles. The van der Waals surface area contributed by atoms with Crippen LogP contribution in [0.2, 0.25) is 0 Å². The fourth-order valence-corrected chi connectivity index (χ4v) is 4.51. The van der Waals surface area contributed by atoms with Gasteiger partial charge in [0.15, 0.2) is 0 Å². The van der Waals surface area contributed by atoms with Crippen LogP contribution in [0, 0.1) is 19.3 Å². The second kappa shape index (κ2) is 10.5. The monoisotopic (exact) mass is 445 g/mol. The standard InChI is InChI=1S/C22H27N5OS.ClH/c1-5-26(6-2)18-10-8-17(14-16(18)4)24-25-22-27(12-11-21(23)28)19-9-7-15(3)13-20(19)29-22;/h7-10,13-14H,5-6,11-12H2,1-4H3,(H-,23,28);1H. The Morgan fingerprint density at radius 1 is 1.10 bits per heavy atom. The van der Waals surface area contributed by atoms with Gasteiger partial charge in [-0.1, -0.05) is 6.07 Å². The van der Waals surface area contributed by atoms with E-state index >= 15 is 0 Å². The summed E-state index contributed by atoms with van der Waals surface area (Å²) in [4.78, 5) is 2.32. The lowest BCUT2D eigenvalue weighted by Crippen LogP contribution is -2.35. The second-order valence-electron chi connectivity index (χ2n) is 7.02. The molecule has 0 saturated carbocycles. The van der Waals surface area contributed by atoms with Crippen LogP contribution in [0.1, 0.15) is 31.4 Å². The molecule has 1 aromatic heterocycles. The number of aromatic nitrogens is 1. The van der Waals surface area contributed by atoms with Crippen molar-refractivity contribution in [3.63, 3.8) is 0 Å². The lowest BCUT2D eigenvalue weighted by molar-refractivity contribution is -0.654. The molecule has 8 heteroatoms. The third-order valence-electron chi connectivity index (χ3n) is 4.94. The average Bonchev–Trinajstić information content (AvgIpc) is 3.03. The number of benzene rings is 2. The molecule has 0 amide bonds. The zero-order valence-electron chi connectivity index (χ0n) is 17.8. The largest absolute Gasteiger partial charge is 0.862 e. The Labute approximate surface area is 187 Å². The molecule has 0 atom stereocenters. The van der Waals surface area contributed by atoms with E-state index in [9.17, 15) is 5.11 Å². The number of halogens is 1. The first-order chi connectivity index (χ1) is 13.9. The van der Waals surface area contributed by atoms with Crippen molar-refractivity contribution < 1.29 is 9.67 Å². The van der Waals surface area contributed by atoms with E-state index in [4.69, 9.17) is 5.41 Å². The van der Waals surface area contributed by atoms with Gasteiger partial charge in [0.25, 0.3) is 0 Å². The van der Waals surface area contributed by atoms with Gasteiger partial charge in [-0.15, -0.1) is 12.4 Å². The molecule has 0 unspecified atom stereocenters. The maximum Gasteiger partial charge on any atom is 0.409 e. The molecule has 30 heavy (non-hydrogen) atoms. The van der Waals surface area contributed by atoms with E-state index in [2.05, 4.69) is 55.0 Å². The molecule has 0 saturated heterocycles. The van der Waals surface area contributed by atoms with Crippen LogP contribution in [-0.4, -0.2) is 19.0 Å². The summed E-state index contributed by atoms with van der Waals surface area (Å²) in [6, 6.07) is 12.3. The number of nitrogens with one attached hydrogen (secondary N) is 1. The third-order valence-corrected chi connectivity index (χ3v) is 5.97. The maximum absolute atomic E-state index is 11.2. The van der Waals surface area contributed by atoms with E-state index in [1.54, 1.807) is 11.3 Å². The fourth-order valence-electron chi connectivity index (χ4n) is 3.41. The van der Waals surface area contributed by atoms with Crippen molar-refractivity contribution in [1.29, 1.82) is 5.41 Å². The number of hydrogen-bond acceptors (Lipinski definition) is 6. The number of rotatable bonds is 8. The minimum Gasteiger partial charge on any atom is -0.862 e. The molecular formula is C22H28ClN5OS. The number of azo groups is 1. The molecule has 0 bridgehead atoms. The molecule has 0 radical (unpaired) electrons. The number of thiazole rings is 1. The summed E-state index contributed by atoms with van der Waals surface area (Å²) < 4.78 is 3.08. The zero-order chi connectivity index (χ0) is 21.0. The Kier molecular flexibility index (Phi) is 8.32. The van der Waals surface area contributed by atoms with Crippen LogP contribution in [-0.2, 0) is 6.54 Å². The summed E-state index contributed by atoms with van der Waals surface area (Å²) >= 11 is 1.55. The molecule has 3 rings (SSSR count). The Morgan fingerprint density at radius 2 is 1.83 bits per heavy atom. The van der Waals surface area contributed by atoms with Crippen LogP contribution in [0.5, 0.6) is 0 Å². The number of fused-ring (bicyclic) bond motifs is 1. The van der Waals surface area contributed by atoms with Crippen LogP contribution < -0.4 is 14.6 Å². The summed E-state index contributed by atoms with van der Waals surface area (Å²) in [5.74, 6) is -0.575. The summed E-state index contributed by atoms with van der Waals surface area (Å²) in [5, 5.41) is 28.1. The van der Waals surface area contributed by atoms with Crippen molar-refractivity contribution in [2.75, 3.05) is 18.0 Å². The Hall–Kier alpha value is -2.51. The van der Waals surface area contributed by atoms with Crippen LogP contribution in [0.25, 0.3) is 10.2 Å². The Balaban J connectivity index is 0.00000320. The van der Waals surface area contributed by atoms with E-state index < -0.39 is 5.90 Å². The van der Waals surface area contributed by atoms with E-state index in [1.165, 1.54) is 16.8 Å². The number of anilines is 1. The quantitative estimate of drug-likeness (QED) is 0.223. The van der Waals surface area contributed by atoms with Crippen LogP contribution >= 0.6 is 23.7 Å². The summed E-state index contributed by atoms with van der Waals surface area (Å²) in [6.07, 6.45) is 0.157. The molecule has 0 aliphatic heterocycles. The molecule has 1 N–H and O–H groups in total. The topological polar surface area (TPSA) is 78.8 Å². The van der Waals surface area contributed by atoms with Gasteiger partial charge < -0.3 is 15.4 Å². The highest BCUT2D eigenvalue weighted by Gasteiger charge is 2.19. The van der Waals surface area contributed by atoms with E-state index in [0.29, 0.717) is 6.54 Å². The first-order valence-electron chi connectivity index (χ1n) is 9.87. The van der Waals surface area contributed by atoms with Gasteiger partial charge in [0.05, 0.1) is 16.4 Å². The van der Waals surface area contributed by atoms with Crippen molar-refractivity contribution in [2.45, 2.75) is 40.7 Å². The van der Waals surface area contributed by atoms with Crippen LogP contribution in [0.4, 0.5) is 16.5 Å². The first-order valence-corrected chi connectivity index (χ1v) is 10.7. The van der Waals surface area contributed by atoms with E-state index in [0.717, 1.165) is 34.1 Å². The van der Waals surface area contributed by atoms with Gasteiger partial charge in [-0.2, -0.15) is 0 Å². The molecule has 160 valence electrons. The molecule has 0 aliphatic rings. The maximum atomic E-state index is 11.2. The molecule has 0 spiro atoms. The third kappa shape index (κ3) is 5.34. The minimum atomic E-state index is -0.575. The average molecular weight is 446 g/mol. The molecular weight excluding hydrogens is 418 g/mol. The van der Waals surface area contributed by atoms with Crippen molar-refractivity contribution in [1.82, 2.24) is 0 Å². The number of aryl methyl sites for hydroxylation is 3. The number of nitrogens with zero attached hydrogens (tertiary/aromatic N) is 4. The highest BCUT2D eigenvalue weighted by Crippen LogP contribution is 2.30. The lowest BCUT2D eigenvalue weighted by Gasteiger charge is -2.23.